The first-order valence-electron chi connectivity index (χ1n) is 6.40. The molecule has 0 atom stereocenters. The van der Waals surface area contributed by atoms with E-state index in [9.17, 15) is 9.59 Å². The van der Waals surface area contributed by atoms with Gasteiger partial charge < -0.3 is 10.6 Å². The molecule has 2 amide bonds. The van der Waals surface area contributed by atoms with Crippen LogP contribution in [0.15, 0.2) is 24.3 Å². The summed E-state index contributed by atoms with van der Waals surface area (Å²) in [5, 5.41) is 5.59. The fourth-order valence-corrected chi connectivity index (χ4v) is 2.06. The number of nitrogens with one attached hydrogen (secondary N) is 2. The third-order valence-corrected chi connectivity index (χ3v) is 3.43. The summed E-state index contributed by atoms with van der Waals surface area (Å²) in [6.07, 6.45) is 1.89. The molecule has 0 aromatic rings. The van der Waals surface area contributed by atoms with Crippen LogP contribution in [0.2, 0.25) is 0 Å². The lowest BCUT2D eigenvalue weighted by atomic mass is 10.3. The van der Waals surface area contributed by atoms with Gasteiger partial charge in [0.25, 0.3) is 0 Å². The van der Waals surface area contributed by atoms with Gasteiger partial charge in [-0.2, -0.15) is 11.8 Å². The van der Waals surface area contributed by atoms with Gasteiger partial charge in [-0.1, -0.05) is 13.2 Å². The quantitative estimate of drug-likeness (QED) is 0.476. The standard InChI is InChI=1S/C14H24N2O2S/c1-11(2)13(17)15-7-5-9-19-10-6-8-16-14(18)12(3)4/h1,3,5-10H2,2,4H3,(H,15,17)(H,16,18). The molecule has 0 bridgehead atoms. The van der Waals surface area contributed by atoms with Crippen LogP contribution in [-0.4, -0.2) is 36.4 Å². The molecule has 2 N–H and O–H groups in total. The molecule has 0 aliphatic rings. The van der Waals surface area contributed by atoms with E-state index in [0.29, 0.717) is 24.2 Å². The molecule has 0 fully saturated rings. The highest BCUT2D eigenvalue weighted by Crippen LogP contribution is 2.03. The Hall–Kier alpha value is -1.23. The lowest BCUT2D eigenvalue weighted by molar-refractivity contribution is -0.118. The first-order chi connectivity index (χ1) is 8.95. The third-order valence-electron chi connectivity index (χ3n) is 2.28. The Balaban J connectivity index is 3.28. The zero-order chi connectivity index (χ0) is 14.7. The number of amides is 2. The van der Waals surface area contributed by atoms with Crippen molar-refractivity contribution < 1.29 is 9.59 Å². The molecule has 0 aliphatic carbocycles. The summed E-state index contributed by atoms with van der Waals surface area (Å²) < 4.78 is 0. The molecule has 0 saturated heterocycles. The summed E-state index contributed by atoms with van der Waals surface area (Å²) in [4.78, 5) is 22.3. The average molecular weight is 284 g/mol. The van der Waals surface area contributed by atoms with Crippen molar-refractivity contribution in [2.45, 2.75) is 26.7 Å². The number of hydrogen-bond donors (Lipinski definition) is 2. The predicted octanol–water partition coefficient (Wildman–Crippen LogP) is 1.88. The first-order valence-corrected chi connectivity index (χ1v) is 7.55. The average Bonchev–Trinajstić information content (AvgIpc) is 2.35. The summed E-state index contributed by atoms with van der Waals surface area (Å²) in [5.41, 5.74) is 1.09. The lowest BCUT2D eigenvalue weighted by Gasteiger charge is -2.05. The van der Waals surface area contributed by atoms with Crippen molar-refractivity contribution >= 4 is 23.6 Å². The molecular formula is C14H24N2O2S. The number of thioether (sulfide) groups is 1. The van der Waals surface area contributed by atoms with E-state index >= 15 is 0 Å². The second kappa shape index (κ2) is 10.7. The van der Waals surface area contributed by atoms with Gasteiger partial charge >= 0.3 is 0 Å². The Morgan fingerprint density at radius 1 is 0.895 bits per heavy atom. The van der Waals surface area contributed by atoms with E-state index in [-0.39, 0.29) is 11.8 Å². The Labute approximate surface area is 120 Å². The van der Waals surface area contributed by atoms with Crippen LogP contribution in [0.4, 0.5) is 0 Å². The van der Waals surface area contributed by atoms with Crippen molar-refractivity contribution in [3.05, 3.63) is 24.3 Å². The van der Waals surface area contributed by atoms with Crippen LogP contribution in [0.5, 0.6) is 0 Å². The molecule has 4 nitrogen and oxygen atoms in total. The highest BCUT2D eigenvalue weighted by Gasteiger charge is 2.00. The Morgan fingerprint density at radius 2 is 1.26 bits per heavy atom. The van der Waals surface area contributed by atoms with Crippen molar-refractivity contribution in [2.24, 2.45) is 0 Å². The summed E-state index contributed by atoms with van der Waals surface area (Å²) in [7, 11) is 0. The fraction of sp³-hybridized carbons (Fsp3) is 0.571. The highest BCUT2D eigenvalue weighted by atomic mass is 32.2. The van der Waals surface area contributed by atoms with E-state index in [1.807, 2.05) is 11.8 Å². The largest absolute Gasteiger partial charge is 0.352 e. The molecule has 108 valence electrons. The van der Waals surface area contributed by atoms with Gasteiger partial charge in [-0.15, -0.1) is 0 Å². The molecule has 19 heavy (non-hydrogen) atoms. The number of carbonyl (C=O) groups excluding carboxylic acids is 2. The van der Waals surface area contributed by atoms with Crippen LogP contribution in [0.25, 0.3) is 0 Å². The van der Waals surface area contributed by atoms with Crippen LogP contribution in [0, 0.1) is 0 Å². The zero-order valence-corrected chi connectivity index (χ0v) is 12.7. The van der Waals surface area contributed by atoms with E-state index in [2.05, 4.69) is 23.8 Å². The summed E-state index contributed by atoms with van der Waals surface area (Å²) >= 11 is 1.83. The number of carbonyl (C=O) groups is 2. The zero-order valence-electron chi connectivity index (χ0n) is 11.9. The van der Waals surface area contributed by atoms with Gasteiger partial charge in [-0.3, -0.25) is 9.59 Å². The molecule has 0 aromatic carbocycles. The topological polar surface area (TPSA) is 58.2 Å². The number of rotatable bonds is 10. The molecule has 0 aromatic heterocycles. The normalized spacial score (nSPS) is 9.79. The first kappa shape index (κ1) is 17.8. The molecule has 0 heterocycles. The maximum Gasteiger partial charge on any atom is 0.246 e. The van der Waals surface area contributed by atoms with Crippen LogP contribution in [0.1, 0.15) is 26.7 Å². The van der Waals surface area contributed by atoms with E-state index in [0.717, 1.165) is 24.3 Å². The minimum absolute atomic E-state index is 0.0764. The molecule has 5 heteroatoms. The summed E-state index contributed by atoms with van der Waals surface area (Å²) in [6.45, 7) is 11.9. The van der Waals surface area contributed by atoms with Gasteiger partial charge in [0.2, 0.25) is 11.8 Å². The summed E-state index contributed by atoms with van der Waals surface area (Å²) in [5.74, 6) is 1.86. The molecular weight excluding hydrogens is 260 g/mol. The van der Waals surface area contributed by atoms with E-state index in [1.165, 1.54) is 0 Å². The molecule has 0 unspecified atom stereocenters. The van der Waals surface area contributed by atoms with Crippen molar-refractivity contribution in [3.63, 3.8) is 0 Å². The Morgan fingerprint density at radius 3 is 1.58 bits per heavy atom. The predicted molar refractivity (Wildman–Crippen MR) is 82.2 cm³/mol. The smallest absolute Gasteiger partial charge is 0.246 e. The summed E-state index contributed by atoms with van der Waals surface area (Å²) in [6, 6.07) is 0. The van der Waals surface area contributed by atoms with E-state index in [1.54, 1.807) is 13.8 Å². The number of hydrogen-bond acceptors (Lipinski definition) is 3. The van der Waals surface area contributed by atoms with Crippen LogP contribution in [0.3, 0.4) is 0 Å². The van der Waals surface area contributed by atoms with Crippen LogP contribution >= 0.6 is 11.8 Å². The Kier molecular flexibility index (Phi) is 9.98. The third kappa shape index (κ3) is 10.4. The minimum atomic E-state index is -0.0764. The van der Waals surface area contributed by atoms with Gasteiger partial charge in [0, 0.05) is 24.2 Å². The van der Waals surface area contributed by atoms with Gasteiger partial charge in [0.15, 0.2) is 0 Å². The van der Waals surface area contributed by atoms with Gasteiger partial charge in [0.1, 0.15) is 0 Å². The second-order valence-corrected chi connectivity index (χ2v) is 5.62. The van der Waals surface area contributed by atoms with E-state index in [4.69, 9.17) is 0 Å². The maximum atomic E-state index is 11.2. The highest BCUT2D eigenvalue weighted by molar-refractivity contribution is 7.99. The van der Waals surface area contributed by atoms with Crippen LogP contribution in [-0.2, 0) is 9.59 Å². The monoisotopic (exact) mass is 284 g/mol. The molecule has 0 aliphatic heterocycles. The van der Waals surface area contributed by atoms with Crippen LogP contribution < -0.4 is 10.6 Å². The second-order valence-electron chi connectivity index (χ2n) is 4.39. The fourth-order valence-electron chi connectivity index (χ4n) is 1.16. The van der Waals surface area contributed by atoms with Gasteiger partial charge in [-0.05, 0) is 38.2 Å². The van der Waals surface area contributed by atoms with Crippen molar-refractivity contribution in [1.82, 2.24) is 10.6 Å². The van der Waals surface area contributed by atoms with Crippen molar-refractivity contribution in [3.8, 4) is 0 Å². The van der Waals surface area contributed by atoms with Crippen molar-refractivity contribution in [1.29, 1.82) is 0 Å². The molecule has 0 rings (SSSR count). The minimum Gasteiger partial charge on any atom is -0.352 e. The van der Waals surface area contributed by atoms with Gasteiger partial charge in [0.05, 0.1) is 0 Å². The van der Waals surface area contributed by atoms with Crippen molar-refractivity contribution in [2.75, 3.05) is 24.6 Å². The van der Waals surface area contributed by atoms with E-state index < -0.39 is 0 Å². The SMILES string of the molecule is C=C(C)C(=O)NCCCSCCCNC(=O)C(=C)C. The Bertz CT molecular complexity index is 308. The van der Waals surface area contributed by atoms with Gasteiger partial charge in [-0.25, -0.2) is 0 Å². The molecule has 0 saturated carbocycles. The molecule has 0 radical (unpaired) electrons. The lowest BCUT2D eigenvalue weighted by Crippen LogP contribution is -2.25. The molecule has 0 spiro atoms. The maximum absolute atomic E-state index is 11.2.